The quantitative estimate of drug-likeness (QED) is 0.830. The van der Waals surface area contributed by atoms with E-state index in [0.29, 0.717) is 13.2 Å². The summed E-state index contributed by atoms with van der Waals surface area (Å²) >= 11 is 0. The third-order valence-electron chi connectivity index (χ3n) is 3.57. The van der Waals surface area contributed by atoms with Crippen molar-refractivity contribution in [2.45, 2.75) is 24.2 Å². The van der Waals surface area contributed by atoms with Gasteiger partial charge in [0.05, 0.1) is 26.4 Å². The van der Waals surface area contributed by atoms with Gasteiger partial charge in [-0.05, 0) is 17.7 Å². The van der Waals surface area contributed by atoms with E-state index in [0.717, 1.165) is 5.75 Å². The van der Waals surface area contributed by atoms with Gasteiger partial charge in [-0.25, -0.2) is 0 Å². The van der Waals surface area contributed by atoms with Crippen LogP contribution in [0.3, 0.4) is 0 Å². The number of fused-ring (bicyclic) bond motifs is 1. The van der Waals surface area contributed by atoms with E-state index in [9.17, 15) is 5.11 Å². The second kappa shape index (κ2) is 4.29. The molecule has 4 nitrogen and oxygen atoms in total. The number of methoxy groups -OCH3 is 1. The Morgan fingerprint density at radius 2 is 1.82 bits per heavy atom. The third kappa shape index (κ3) is 1.82. The minimum atomic E-state index is -0.483. The second-order valence-corrected chi connectivity index (χ2v) is 4.54. The maximum absolute atomic E-state index is 9.68. The van der Waals surface area contributed by atoms with Gasteiger partial charge in [0.2, 0.25) is 0 Å². The molecule has 2 aliphatic rings. The zero-order valence-electron chi connectivity index (χ0n) is 9.70. The van der Waals surface area contributed by atoms with Gasteiger partial charge in [-0.2, -0.15) is 0 Å². The van der Waals surface area contributed by atoms with E-state index in [-0.39, 0.29) is 18.1 Å². The first-order valence-corrected chi connectivity index (χ1v) is 5.85. The van der Waals surface area contributed by atoms with Crippen molar-refractivity contribution in [3.8, 4) is 5.75 Å². The lowest BCUT2D eigenvalue weighted by atomic mass is 9.93. The molecule has 0 saturated carbocycles. The van der Waals surface area contributed by atoms with Gasteiger partial charge in [-0.3, -0.25) is 0 Å². The molecule has 0 spiro atoms. The molecule has 0 unspecified atom stereocenters. The number of rotatable bonds is 2. The molecule has 0 bridgehead atoms. The van der Waals surface area contributed by atoms with E-state index in [1.165, 1.54) is 5.56 Å². The molecule has 2 aliphatic heterocycles. The Morgan fingerprint density at radius 3 is 2.53 bits per heavy atom. The summed E-state index contributed by atoms with van der Waals surface area (Å²) in [5, 5.41) is 9.68. The molecule has 92 valence electrons. The fraction of sp³-hybridized carbons (Fsp3) is 0.538. The highest BCUT2D eigenvalue weighted by atomic mass is 16.6. The van der Waals surface area contributed by atoms with Crippen LogP contribution in [0, 0.1) is 0 Å². The molecule has 0 radical (unpaired) electrons. The molecule has 1 aromatic carbocycles. The largest absolute Gasteiger partial charge is 0.497 e. The van der Waals surface area contributed by atoms with Crippen LogP contribution in [0.15, 0.2) is 24.3 Å². The maximum Gasteiger partial charge on any atom is 0.118 e. The summed E-state index contributed by atoms with van der Waals surface area (Å²) in [7, 11) is 1.65. The lowest BCUT2D eigenvalue weighted by Crippen LogP contribution is -2.28. The zero-order valence-corrected chi connectivity index (χ0v) is 9.70. The van der Waals surface area contributed by atoms with Crippen LogP contribution in [-0.4, -0.2) is 43.7 Å². The lowest BCUT2D eigenvalue weighted by molar-refractivity contribution is 0.0182. The highest BCUT2D eigenvalue weighted by Gasteiger charge is 2.47. The average molecular weight is 236 g/mol. The fourth-order valence-electron chi connectivity index (χ4n) is 2.62. The first kappa shape index (κ1) is 11.0. The van der Waals surface area contributed by atoms with Crippen LogP contribution in [-0.2, 0) is 9.47 Å². The van der Waals surface area contributed by atoms with Gasteiger partial charge in [0.15, 0.2) is 0 Å². The number of hydrogen-bond acceptors (Lipinski definition) is 4. The van der Waals surface area contributed by atoms with Crippen molar-refractivity contribution in [1.29, 1.82) is 0 Å². The van der Waals surface area contributed by atoms with E-state index in [1.54, 1.807) is 7.11 Å². The second-order valence-electron chi connectivity index (χ2n) is 4.54. The molecule has 3 rings (SSSR count). The van der Waals surface area contributed by atoms with Gasteiger partial charge < -0.3 is 19.3 Å². The van der Waals surface area contributed by atoms with Crippen LogP contribution >= 0.6 is 0 Å². The Hall–Kier alpha value is -1.10. The molecule has 4 heteroatoms. The molecule has 2 heterocycles. The minimum absolute atomic E-state index is 0.0154. The van der Waals surface area contributed by atoms with Crippen LogP contribution in [0.5, 0.6) is 5.75 Å². The van der Waals surface area contributed by atoms with Crippen LogP contribution in [0.4, 0.5) is 0 Å². The monoisotopic (exact) mass is 236 g/mol. The summed E-state index contributed by atoms with van der Waals surface area (Å²) in [6.07, 6.45) is -0.663. The summed E-state index contributed by atoms with van der Waals surface area (Å²) in [6, 6.07) is 7.94. The molecule has 2 fully saturated rings. The molecule has 0 aliphatic carbocycles. The van der Waals surface area contributed by atoms with Crippen molar-refractivity contribution in [3.05, 3.63) is 29.8 Å². The summed E-state index contributed by atoms with van der Waals surface area (Å²) in [5.74, 6) is 1.06. The Labute approximate surface area is 100 Å². The zero-order chi connectivity index (χ0) is 11.8. The van der Waals surface area contributed by atoms with Crippen molar-refractivity contribution in [1.82, 2.24) is 0 Å². The summed E-state index contributed by atoms with van der Waals surface area (Å²) in [6.45, 7) is 0.987. The molecular weight excluding hydrogens is 220 g/mol. The Bertz CT molecular complexity index is 389. The molecular formula is C13H16O4. The van der Waals surface area contributed by atoms with E-state index in [1.807, 2.05) is 24.3 Å². The molecule has 1 aromatic rings. The van der Waals surface area contributed by atoms with Gasteiger partial charge in [0.25, 0.3) is 0 Å². The first-order valence-electron chi connectivity index (χ1n) is 5.85. The average Bonchev–Trinajstić information content (AvgIpc) is 2.93. The van der Waals surface area contributed by atoms with Crippen molar-refractivity contribution < 1.29 is 19.3 Å². The van der Waals surface area contributed by atoms with Gasteiger partial charge in [0.1, 0.15) is 18.0 Å². The van der Waals surface area contributed by atoms with Crippen LogP contribution in [0.2, 0.25) is 0 Å². The van der Waals surface area contributed by atoms with Crippen molar-refractivity contribution >= 4 is 0 Å². The van der Waals surface area contributed by atoms with Crippen LogP contribution in [0.25, 0.3) is 0 Å². The molecule has 2 saturated heterocycles. The molecule has 17 heavy (non-hydrogen) atoms. The van der Waals surface area contributed by atoms with E-state index in [2.05, 4.69) is 0 Å². The lowest BCUT2D eigenvalue weighted by Gasteiger charge is -2.16. The highest BCUT2D eigenvalue weighted by molar-refractivity contribution is 5.31. The predicted molar refractivity (Wildman–Crippen MR) is 61.2 cm³/mol. The first-order chi connectivity index (χ1) is 8.29. The number of benzene rings is 1. The molecule has 1 N–H and O–H groups in total. The highest BCUT2D eigenvalue weighted by Crippen LogP contribution is 2.37. The Balaban J connectivity index is 1.80. The minimum Gasteiger partial charge on any atom is -0.497 e. The van der Waals surface area contributed by atoms with Gasteiger partial charge >= 0.3 is 0 Å². The van der Waals surface area contributed by atoms with Gasteiger partial charge in [-0.15, -0.1) is 0 Å². The van der Waals surface area contributed by atoms with Crippen LogP contribution < -0.4 is 4.74 Å². The molecule has 4 atom stereocenters. The van der Waals surface area contributed by atoms with E-state index in [4.69, 9.17) is 14.2 Å². The van der Waals surface area contributed by atoms with Crippen LogP contribution in [0.1, 0.15) is 11.5 Å². The summed E-state index contributed by atoms with van der Waals surface area (Å²) < 4.78 is 16.3. The van der Waals surface area contributed by atoms with E-state index >= 15 is 0 Å². The normalized spacial score (nSPS) is 35.9. The predicted octanol–water partition coefficient (Wildman–Crippen LogP) is 0.937. The topological polar surface area (TPSA) is 47.9 Å². The smallest absolute Gasteiger partial charge is 0.118 e. The molecule has 0 amide bonds. The molecule has 0 aromatic heterocycles. The number of aliphatic hydroxyl groups excluding tert-OH is 1. The number of aliphatic hydroxyl groups is 1. The fourth-order valence-corrected chi connectivity index (χ4v) is 2.62. The van der Waals surface area contributed by atoms with Gasteiger partial charge in [0, 0.05) is 5.92 Å². The van der Waals surface area contributed by atoms with Gasteiger partial charge in [-0.1, -0.05) is 12.1 Å². The maximum atomic E-state index is 9.68. The van der Waals surface area contributed by atoms with E-state index < -0.39 is 6.10 Å². The van der Waals surface area contributed by atoms with Crippen molar-refractivity contribution in [2.75, 3.05) is 20.3 Å². The van der Waals surface area contributed by atoms with Crippen molar-refractivity contribution in [3.63, 3.8) is 0 Å². The Kier molecular flexibility index (Phi) is 2.78. The SMILES string of the molecule is COc1ccc([C@@H]2CO[C@H]3[C@@H]2OC[C@@H]3O)cc1. The van der Waals surface area contributed by atoms with Crippen molar-refractivity contribution in [2.24, 2.45) is 0 Å². The number of hydrogen-bond donors (Lipinski definition) is 1. The standard InChI is InChI=1S/C13H16O4/c1-15-9-4-2-8(3-5-9)10-6-16-13-11(14)7-17-12(10)13/h2-5,10-14H,6-7H2,1H3/t10-,11-,12+,13+/m0/s1. The Morgan fingerprint density at radius 1 is 1.12 bits per heavy atom. The summed E-state index contributed by atoms with van der Waals surface area (Å²) in [4.78, 5) is 0. The summed E-state index contributed by atoms with van der Waals surface area (Å²) in [5.41, 5.74) is 1.17. The number of ether oxygens (including phenoxy) is 3. The third-order valence-corrected chi connectivity index (χ3v) is 3.57.